The summed E-state index contributed by atoms with van der Waals surface area (Å²) in [7, 11) is 0. The quantitative estimate of drug-likeness (QED) is 0.558. The number of aryl methyl sites for hydroxylation is 2. The highest BCUT2D eigenvalue weighted by Gasteiger charge is 2.21. The number of aromatic nitrogens is 3. The number of hydrogen-bond donors (Lipinski definition) is 1. The number of nitrogens with zero attached hydrogens (tertiary/aromatic N) is 2. The number of aromatic amines is 1. The highest BCUT2D eigenvalue weighted by molar-refractivity contribution is 7.99. The molecule has 0 aliphatic rings. The van der Waals surface area contributed by atoms with Gasteiger partial charge in [0.05, 0.1) is 17.1 Å². The van der Waals surface area contributed by atoms with Crippen molar-refractivity contribution < 1.29 is 9.59 Å². The Kier molecular flexibility index (Phi) is 6.27. The Hall–Kier alpha value is -1.82. The minimum absolute atomic E-state index is 0.00144. The summed E-state index contributed by atoms with van der Waals surface area (Å²) in [4.78, 5) is 32.1. The van der Waals surface area contributed by atoms with E-state index in [-0.39, 0.29) is 11.6 Å². The van der Waals surface area contributed by atoms with Crippen LogP contribution in [0.15, 0.2) is 5.16 Å². The van der Waals surface area contributed by atoms with Crippen molar-refractivity contribution in [3.05, 3.63) is 33.9 Å². The van der Waals surface area contributed by atoms with Gasteiger partial charge in [-0.15, -0.1) is 0 Å². The molecule has 0 atom stereocenters. The number of H-pyrrole nitrogens is 1. The topological polar surface area (TPSA) is 67.8 Å². The highest BCUT2D eigenvalue weighted by atomic mass is 32.2. The van der Waals surface area contributed by atoms with E-state index in [1.54, 1.807) is 0 Å². The summed E-state index contributed by atoms with van der Waals surface area (Å²) in [6.45, 7) is 12.4. The number of carbonyl (C=O) groups excluding carboxylic acids is 2. The van der Waals surface area contributed by atoms with Crippen molar-refractivity contribution in [2.24, 2.45) is 0 Å². The van der Waals surface area contributed by atoms with E-state index in [4.69, 9.17) is 0 Å². The molecule has 25 heavy (non-hydrogen) atoms. The van der Waals surface area contributed by atoms with Gasteiger partial charge in [0.25, 0.3) is 0 Å². The van der Waals surface area contributed by atoms with Gasteiger partial charge in [-0.25, -0.2) is 4.98 Å². The van der Waals surface area contributed by atoms with E-state index in [2.05, 4.69) is 28.4 Å². The molecule has 0 saturated heterocycles. The van der Waals surface area contributed by atoms with Gasteiger partial charge >= 0.3 is 0 Å². The Bertz CT molecular complexity index is 802. The van der Waals surface area contributed by atoms with E-state index < -0.39 is 0 Å². The smallest absolute Gasteiger partial charge is 0.189 e. The minimum Gasteiger partial charge on any atom is -0.355 e. The summed E-state index contributed by atoms with van der Waals surface area (Å²) in [6, 6.07) is 0. The van der Waals surface area contributed by atoms with Crippen LogP contribution in [0.25, 0.3) is 0 Å². The van der Waals surface area contributed by atoms with Crippen LogP contribution >= 0.6 is 11.8 Å². The van der Waals surface area contributed by atoms with Crippen LogP contribution in [0.2, 0.25) is 0 Å². The Balaban J connectivity index is 2.17. The van der Waals surface area contributed by atoms with Gasteiger partial charge in [0.2, 0.25) is 0 Å². The number of Topliss-reactive ketones (excluding diaryl/α,β-unsaturated/α-hetero) is 2. The van der Waals surface area contributed by atoms with Crippen molar-refractivity contribution in [2.75, 3.05) is 5.75 Å². The summed E-state index contributed by atoms with van der Waals surface area (Å²) in [5, 5.41) is 0.893. The van der Waals surface area contributed by atoms with Crippen LogP contribution in [-0.2, 0) is 6.54 Å². The molecule has 0 amide bonds. The second-order valence-corrected chi connectivity index (χ2v) is 7.41. The number of rotatable bonds is 8. The average Bonchev–Trinajstić information content (AvgIpc) is 3.00. The van der Waals surface area contributed by atoms with Crippen molar-refractivity contribution in [3.63, 3.8) is 0 Å². The Morgan fingerprint density at radius 2 is 1.88 bits per heavy atom. The zero-order chi connectivity index (χ0) is 18.7. The van der Waals surface area contributed by atoms with E-state index >= 15 is 0 Å². The van der Waals surface area contributed by atoms with Crippen LogP contribution in [0.1, 0.15) is 70.2 Å². The fourth-order valence-corrected chi connectivity index (χ4v) is 4.06. The third-order valence-electron chi connectivity index (χ3n) is 4.56. The van der Waals surface area contributed by atoms with Gasteiger partial charge in [0.15, 0.2) is 16.7 Å². The highest BCUT2D eigenvalue weighted by Crippen LogP contribution is 2.25. The fourth-order valence-electron chi connectivity index (χ4n) is 3.07. The second kappa shape index (κ2) is 8.04. The SMILES string of the molecule is CCCCn1c(SCC(=O)c2[nH]c(C)c(C(C)=O)c2C)nc(C)c1C. The van der Waals surface area contributed by atoms with Crippen molar-refractivity contribution in [1.29, 1.82) is 0 Å². The predicted molar refractivity (Wildman–Crippen MR) is 102 cm³/mol. The summed E-state index contributed by atoms with van der Waals surface area (Å²) in [5.41, 5.74) is 4.84. The lowest BCUT2D eigenvalue weighted by molar-refractivity contribution is 0.101. The van der Waals surface area contributed by atoms with Crippen LogP contribution in [-0.4, -0.2) is 31.9 Å². The number of ketones is 2. The maximum Gasteiger partial charge on any atom is 0.189 e. The number of unbranched alkanes of at least 4 members (excludes halogenated alkanes) is 1. The summed E-state index contributed by atoms with van der Waals surface area (Å²) < 4.78 is 2.20. The van der Waals surface area contributed by atoms with E-state index in [1.807, 2.05) is 20.8 Å². The van der Waals surface area contributed by atoms with Gasteiger partial charge in [0, 0.05) is 23.5 Å². The first kappa shape index (κ1) is 19.5. The molecule has 2 heterocycles. The van der Waals surface area contributed by atoms with Crippen LogP contribution in [0.4, 0.5) is 0 Å². The monoisotopic (exact) mass is 361 g/mol. The normalized spacial score (nSPS) is 11.1. The van der Waals surface area contributed by atoms with Crippen LogP contribution in [0.3, 0.4) is 0 Å². The molecule has 0 aromatic carbocycles. The molecule has 0 fully saturated rings. The maximum atomic E-state index is 12.6. The van der Waals surface area contributed by atoms with Crippen molar-refractivity contribution in [1.82, 2.24) is 14.5 Å². The number of hydrogen-bond acceptors (Lipinski definition) is 4. The lowest BCUT2D eigenvalue weighted by atomic mass is 10.1. The number of thioether (sulfide) groups is 1. The molecule has 136 valence electrons. The van der Waals surface area contributed by atoms with Gasteiger partial charge in [-0.2, -0.15) is 0 Å². The van der Waals surface area contributed by atoms with Crippen LogP contribution in [0, 0.1) is 27.7 Å². The Morgan fingerprint density at radius 1 is 1.20 bits per heavy atom. The molecule has 0 aliphatic carbocycles. The molecule has 1 N–H and O–H groups in total. The summed E-state index contributed by atoms with van der Waals surface area (Å²) >= 11 is 1.47. The van der Waals surface area contributed by atoms with Crippen molar-refractivity contribution in [3.8, 4) is 0 Å². The number of carbonyl (C=O) groups is 2. The molecular weight excluding hydrogens is 334 g/mol. The standard InChI is InChI=1S/C19H27N3O2S/c1-7-8-9-22-14(5)12(3)21-19(22)25-10-16(24)18-11(2)17(15(6)23)13(4)20-18/h20H,7-10H2,1-6H3. The third-order valence-corrected chi connectivity index (χ3v) is 5.54. The van der Waals surface area contributed by atoms with Crippen LogP contribution < -0.4 is 0 Å². The van der Waals surface area contributed by atoms with Crippen LogP contribution in [0.5, 0.6) is 0 Å². The first-order valence-electron chi connectivity index (χ1n) is 8.67. The molecular formula is C19H27N3O2S. The number of imidazole rings is 1. The lowest BCUT2D eigenvalue weighted by Crippen LogP contribution is -2.08. The molecule has 2 rings (SSSR count). The Morgan fingerprint density at radius 3 is 2.44 bits per heavy atom. The van der Waals surface area contributed by atoms with Gasteiger partial charge in [-0.05, 0) is 46.6 Å². The molecule has 0 aliphatic heterocycles. The minimum atomic E-state index is -0.0145. The van der Waals surface area contributed by atoms with Crippen molar-refractivity contribution in [2.45, 2.75) is 66.1 Å². The molecule has 0 radical (unpaired) electrons. The second-order valence-electron chi connectivity index (χ2n) is 6.46. The lowest BCUT2D eigenvalue weighted by Gasteiger charge is -2.08. The average molecular weight is 362 g/mol. The zero-order valence-electron chi connectivity index (χ0n) is 15.9. The van der Waals surface area contributed by atoms with Gasteiger partial charge in [-0.1, -0.05) is 25.1 Å². The largest absolute Gasteiger partial charge is 0.355 e. The summed E-state index contributed by atoms with van der Waals surface area (Å²) in [5.74, 6) is 0.290. The molecule has 0 spiro atoms. The molecule has 0 saturated carbocycles. The molecule has 2 aromatic rings. The first-order valence-corrected chi connectivity index (χ1v) is 9.66. The van der Waals surface area contributed by atoms with E-state index in [0.717, 1.165) is 47.2 Å². The molecule has 0 bridgehead atoms. The van der Waals surface area contributed by atoms with Crippen molar-refractivity contribution >= 4 is 23.3 Å². The van der Waals surface area contributed by atoms with Gasteiger partial charge in [-0.3, -0.25) is 9.59 Å². The summed E-state index contributed by atoms with van der Waals surface area (Å²) in [6.07, 6.45) is 2.21. The predicted octanol–water partition coefficient (Wildman–Crippen LogP) is 4.42. The zero-order valence-corrected chi connectivity index (χ0v) is 16.8. The molecule has 6 heteroatoms. The van der Waals surface area contributed by atoms with Gasteiger partial charge in [0.1, 0.15) is 0 Å². The molecule has 2 aromatic heterocycles. The van der Waals surface area contributed by atoms with Gasteiger partial charge < -0.3 is 9.55 Å². The number of nitrogens with one attached hydrogen (secondary N) is 1. The van der Waals surface area contributed by atoms with E-state index in [9.17, 15) is 9.59 Å². The fraction of sp³-hybridized carbons (Fsp3) is 0.526. The third kappa shape index (κ3) is 4.06. The van der Waals surface area contributed by atoms with E-state index in [0.29, 0.717) is 17.0 Å². The maximum absolute atomic E-state index is 12.6. The first-order chi connectivity index (χ1) is 11.8. The van der Waals surface area contributed by atoms with E-state index in [1.165, 1.54) is 18.7 Å². The Labute approximate surface area is 153 Å². The molecule has 5 nitrogen and oxygen atoms in total. The molecule has 0 unspecified atom stereocenters.